The van der Waals surface area contributed by atoms with Crippen molar-refractivity contribution in [2.75, 3.05) is 0 Å². The van der Waals surface area contributed by atoms with Crippen molar-refractivity contribution in [2.24, 2.45) is 0 Å². The molecule has 0 bridgehead atoms. The van der Waals surface area contributed by atoms with Crippen molar-refractivity contribution in [1.82, 2.24) is 4.98 Å². The topological polar surface area (TPSA) is 59.4 Å². The molecule has 0 saturated heterocycles. The molecular weight excluding hydrogens is 230 g/mol. The molecule has 0 radical (unpaired) electrons. The van der Waals surface area contributed by atoms with Gasteiger partial charge in [-0.05, 0) is 24.6 Å². The SMILES string of the molecule is Cc1cc2c(Cl)ccnc2cc1OC(=O)O. The van der Waals surface area contributed by atoms with Crippen LogP contribution in [-0.2, 0) is 0 Å². The molecule has 4 nitrogen and oxygen atoms in total. The van der Waals surface area contributed by atoms with Crippen LogP contribution in [0.3, 0.4) is 0 Å². The average Bonchev–Trinajstić information content (AvgIpc) is 2.20. The third-order valence-corrected chi connectivity index (χ3v) is 2.51. The lowest BCUT2D eigenvalue weighted by atomic mass is 10.1. The number of hydrogen-bond acceptors (Lipinski definition) is 3. The molecule has 82 valence electrons. The van der Waals surface area contributed by atoms with Gasteiger partial charge < -0.3 is 9.84 Å². The molecule has 16 heavy (non-hydrogen) atoms. The number of benzene rings is 1. The third-order valence-electron chi connectivity index (χ3n) is 2.18. The van der Waals surface area contributed by atoms with E-state index in [2.05, 4.69) is 9.72 Å². The number of halogens is 1. The fourth-order valence-electron chi connectivity index (χ4n) is 1.45. The molecule has 0 amide bonds. The number of pyridine rings is 1. The van der Waals surface area contributed by atoms with Crippen LogP contribution in [-0.4, -0.2) is 16.2 Å². The Morgan fingerprint density at radius 1 is 1.50 bits per heavy atom. The first-order valence-electron chi connectivity index (χ1n) is 4.53. The molecule has 0 unspecified atom stereocenters. The van der Waals surface area contributed by atoms with E-state index in [1.807, 2.05) is 0 Å². The van der Waals surface area contributed by atoms with Gasteiger partial charge in [-0.1, -0.05) is 11.6 Å². The van der Waals surface area contributed by atoms with Crippen LogP contribution in [0.2, 0.25) is 5.02 Å². The second-order valence-electron chi connectivity index (χ2n) is 3.30. The zero-order valence-electron chi connectivity index (χ0n) is 8.40. The highest BCUT2D eigenvalue weighted by molar-refractivity contribution is 6.35. The number of carboxylic acid groups (broad SMARTS) is 1. The highest BCUT2D eigenvalue weighted by Gasteiger charge is 2.08. The van der Waals surface area contributed by atoms with Crippen LogP contribution >= 0.6 is 11.6 Å². The first-order chi connectivity index (χ1) is 7.58. The second kappa shape index (κ2) is 3.98. The number of rotatable bonds is 1. The minimum absolute atomic E-state index is 0.273. The quantitative estimate of drug-likeness (QED) is 0.611. The minimum Gasteiger partial charge on any atom is -0.449 e. The molecule has 0 aliphatic carbocycles. The molecule has 1 N–H and O–H groups in total. The second-order valence-corrected chi connectivity index (χ2v) is 3.70. The van der Waals surface area contributed by atoms with E-state index in [0.717, 1.165) is 5.39 Å². The minimum atomic E-state index is -1.34. The van der Waals surface area contributed by atoms with Gasteiger partial charge in [-0.3, -0.25) is 4.98 Å². The van der Waals surface area contributed by atoms with Crippen LogP contribution in [0, 0.1) is 6.92 Å². The zero-order chi connectivity index (χ0) is 11.7. The summed E-state index contributed by atoms with van der Waals surface area (Å²) in [5.41, 5.74) is 1.30. The van der Waals surface area contributed by atoms with Crippen molar-refractivity contribution in [3.05, 3.63) is 35.0 Å². The Hall–Kier alpha value is -1.81. The molecule has 0 atom stereocenters. The molecule has 0 aliphatic rings. The van der Waals surface area contributed by atoms with Crippen LogP contribution in [0.4, 0.5) is 4.79 Å². The number of fused-ring (bicyclic) bond motifs is 1. The van der Waals surface area contributed by atoms with Crippen molar-refractivity contribution in [2.45, 2.75) is 6.92 Å². The van der Waals surface area contributed by atoms with Crippen molar-refractivity contribution in [3.63, 3.8) is 0 Å². The normalized spacial score (nSPS) is 10.4. The number of carbonyl (C=O) groups is 1. The predicted molar refractivity (Wildman–Crippen MR) is 60.1 cm³/mol. The Bertz CT molecular complexity index is 568. The van der Waals surface area contributed by atoms with E-state index < -0.39 is 6.16 Å². The number of nitrogens with zero attached hydrogens (tertiary/aromatic N) is 1. The molecule has 0 saturated carbocycles. The van der Waals surface area contributed by atoms with Crippen molar-refractivity contribution in [3.8, 4) is 5.75 Å². The summed E-state index contributed by atoms with van der Waals surface area (Å²) >= 11 is 5.99. The van der Waals surface area contributed by atoms with Gasteiger partial charge in [-0.2, -0.15) is 0 Å². The van der Waals surface area contributed by atoms with Crippen molar-refractivity contribution >= 4 is 28.7 Å². The van der Waals surface area contributed by atoms with E-state index in [1.165, 1.54) is 0 Å². The summed E-state index contributed by atoms with van der Waals surface area (Å²) in [6, 6.07) is 4.99. The summed E-state index contributed by atoms with van der Waals surface area (Å²) in [6.45, 7) is 1.75. The Kier molecular flexibility index (Phi) is 2.66. The number of aryl methyl sites for hydroxylation is 1. The van der Waals surface area contributed by atoms with Crippen LogP contribution in [0.5, 0.6) is 5.75 Å². The van der Waals surface area contributed by atoms with E-state index >= 15 is 0 Å². The van der Waals surface area contributed by atoms with E-state index in [9.17, 15) is 4.79 Å². The largest absolute Gasteiger partial charge is 0.511 e. The van der Waals surface area contributed by atoms with Gasteiger partial charge >= 0.3 is 6.16 Å². The van der Waals surface area contributed by atoms with E-state index in [0.29, 0.717) is 16.1 Å². The molecule has 2 rings (SSSR count). The molecule has 1 aromatic carbocycles. The van der Waals surface area contributed by atoms with Gasteiger partial charge in [-0.25, -0.2) is 4.79 Å². The van der Waals surface area contributed by atoms with Crippen LogP contribution in [0.15, 0.2) is 24.4 Å². The predicted octanol–water partition coefficient (Wildman–Crippen LogP) is 3.25. The first kappa shape index (κ1) is 10.7. The first-order valence-corrected chi connectivity index (χ1v) is 4.91. The molecule has 1 aromatic heterocycles. The molecule has 0 fully saturated rings. The smallest absolute Gasteiger partial charge is 0.449 e. The Morgan fingerprint density at radius 3 is 2.94 bits per heavy atom. The lowest BCUT2D eigenvalue weighted by molar-refractivity contribution is 0.144. The monoisotopic (exact) mass is 237 g/mol. The van der Waals surface area contributed by atoms with Gasteiger partial charge in [0, 0.05) is 17.6 Å². The van der Waals surface area contributed by atoms with Crippen molar-refractivity contribution < 1.29 is 14.6 Å². The molecule has 0 spiro atoms. The Morgan fingerprint density at radius 2 is 2.25 bits per heavy atom. The standard InChI is InChI=1S/C11H8ClNO3/c1-6-4-7-8(12)2-3-13-9(7)5-10(6)16-11(14)15/h2-5H,1H3,(H,14,15). The summed E-state index contributed by atoms with van der Waals surface area (Å²) in [7, 11) is 0. The third kappa shape index (κ3) is 1.92. The summed E-state index contributed by atoms with van der Waals surface area (Å²) in [4.78, 5) is 14.5. The maximum atomic E-state index is 10.5. The van der Waals surface area contributed by atoms with Gasteiger partial charge in [0.1, 0.15) is 5.75 Å². The van der Waals surface area contributed by atoms with Gasteiger partial charge in [0.2, 0.25) is 0 Å². The summed E-state index contributed by atoms with van der Waals surface area (Å²) in [6.07, 6.45) is 0.217. The van der Waals surface area contributed by atoms with Gasteiger partial charge in [0.15, 0.2) is 0 Å². The number of ether oxygens (including phenoxy) is 1. The molecule has 5 heteroatoms. The fourth-order valence-corrected chi connectivity index (χ4v) is 1.66. The zero-order valence-corrected chi connectivity index (χ0v) is 9.15. The highest BCUT2D eigenvalue weighted by Crippen LogP contribution is 2.28. The Balaban J connectivity index is 2.63. The fraction of sp³-hybridized carbons (Fsp3) is 0.0909. The van der Waals surface area contributed by atoms with Crippen LogP contribution in [0.1, 0.15) is 5.56 Å². The summed E-state index contributed by atoms with van der Waals surface area (Å²) < 4.78 is 4.63. The highest BCUT2D eigenvalue weighted by atomic mass is 35.5. The van der Waals surface area contributed by atoms with Gasteiger partial charge in [0.05, 0.1) is 10.5 Å². The summed E-state index contributed by atoms with van der Waals surface area (Å²) in [5, 5.41) is 9.91. The lowest BCUT2D eigenvalue weighted by Gasteiger charge is -2.06. The average molecular weight is 238 g/mol. The van der Waals surface area contributed by atoms with E-state index in [4.69, 9.17) is 16.7 Å². The molecule has 1 heterocycles. The maximum Gasteiger partial charge on any atom is 0.511 e. The lowest BCUT2D eigenvalue weighted by Crippen LogP contribution is -2.04. The molecular formula is C11H8ClNO3. The Labute approximate surface area is 96.4 Å². The van der Waals surface area contributed by atoms with Crippen LogP contribution in [0.25, 0.3) is 10.9 Å². The van der Waals surface area contributed by atoms with E-state index in [-0.39, 0.29) is 5.75 Å². The van der Waals surface area contributed by atoms with Gasteiger partial charge in [-0.15, -0.1) is 0 Å². The van der Waals surface area contributed by atoms with E-state index in [1.54, 1.807) is 31.3 Å². The summed E-state index contributed by atoms with van der Waals surface area (Å²) in [5.74, 6) is 0.273. The van der Waals surface area contributed by atoms with Crippen molar-refractivity contribution in [1.29, 1.82) is 0 Å². The number of hydrogen-bond donors (Lipinski definition) is 1. The van der Waals surface area contributed by atoms with Crippen LogP contribution < -0.4 is 4.74 Å². The van der Waals surface area contributed by atoms with Gasteiger partial charge in [0.25, 0.3) is 0 Å². The molecule has 0 aliphatic heterocycles. The number of aromatic nitrogens is 1. The maximum absolute atomic E-state index is 10.5. The molecule has 2 aromatic rings.